The number of aromatic nitrogens is 4. The van der Waals surface area contributed by atoms with Crippen LogP contribution in [-0.4, -0.2) is 33.0 Å². The van der Waals surface area contributed by atoms with Crippen molar-refractivity contribution in [2.75, 3.05) is 7.05 Å². The van der Waals surface area contributed by atoms with Crippen molar-refractivity contribution < 1.29 is 0 Å². The summed E-state index contributed by atoms with van der Waals surface area (Å²) in [4.78, 5) is 4.21. The maximum absolute atomic E-state index is 4.21. The van der Waals surface area contributed by atoms with Crippen LogP contribution in [-0.2, 0) is 7.05 Å². The van der Waals surface area contributed by atoms with Crippen molar-refractivity contribution in [2.45, 2.75) is 0 Å². The predicted molar refractivity (Wildman–Crippen MR) is 56.8 cm³/mol. The molecule has 0 radical (unpaired) electrons. The van der Waals surface area contributed by atoms with Crippen molar-refractivity contribution >= 4 is 5.71 Å². The highest BCUT2D eigenvalue weighted by Crippen LogP contribution is 2.06. The molecule has 76 valence electrons. The third-order valence-electron chi connectivity index (χ3n) is 2.10. The monoisotopic (exact) mass is 201 g/mol. The summed E-state index contributed by atoms with van der Waals surface area (Å²) in [5.74, 6) is 0.670. The van der Waals surface area contributed by atoms with E-state index in [0.717, 1.165) is 11.3 Å². The molecule has 0 saturated carbocycles. The molecule has 5 heteroatoms. The average molecular weight is 201 g/mol. The van der Waals surface area contributed by atoms with Gasteiger partial charge in [0.25, 0.3) is 0 Å². The van der Waals surface area contributed by atoms with Gasteiger partial charge in [-0.3, -0.25) is 4.99 Å². The molecule has 0 atom stereocenters. The number of rotatable bonds is 2. The van der Waals surface area contributed by atoms with Gasteiger partial charge < -0.3 is 0 Å². The van der Waals surface area contributed by atoms with E-state index in [9.17, 15) is 0 Å². The minimum Gasteiger partial charge on any atom is -0.284 e. The highest BCUT2D eigenvalue weighted by atomic mass is 15.5. The van der Waals surface area contributed by atoms with Gasteiger partial charge in [0, 0.05) is 19.7 Å². The van der Waals surface area contributed by atoms with Gasteiger partial charge in [-0.2, -0.15) is 0 Å². The number of aliphatic imine (C=N–C) groups is 1. The fraction of sp³-hybridized carbons (Fsp3) is 0.200. The van der Waals surface area contributed by atoms with Crippen LogP contribution in [0, 0.1) is 0 Å². The molecule has 5 nitrogen and oxygen atoms in total. The van der Waals surface area contributed by atoms with E-state index in [1.165, 1.54) is 0 Å². The average Bonchev–Trinajstić information content (AvgIpc) is 2.68. The Hall–Kier alpha value is -2.04. The number of hydrogen-bond acceptors (Lipinski definition) is 4. The van der Waals surface area contributed by atoms with Crippen LogP contribution in [0.1, 0.15) is 11.4 Å². The van der Waals surface area contributed by atoms with E-state index in [-0.39, 0.29) is 0 Å². The highest BCUT2D eigenvalue weighted by Gasteiger charge is 2.11. The largest absolute Gasteiger partial charge is 0.284 e. The molecule has 1 aromatic heterocycles. The second kappa shape index (κ2) is 4.00. The molecule has 2 rings (SSSR count). The van der Waals surface area contributed by atoms with E-state index in [2.05, 4.69) is 20.5 Å². The number of nitrogens with zero attached hydrogens (tertiary/aromatic N) is 5. The third-order valence-corrected chi connectivity index (χ3v) is 2.10. The van der Waals surface area contributed by atoms with Gasteiger partial charge in [0.05, 0.1) is 0 Å². The van der Waals surface area contributed by atoms with E-state index in [4.69, 9.17) is 0 Å². The molecule has 0 spiro atoms. The fourth-order valence-corrected chi connectivity index (χ4v) is 1.38. The molecule has 0 fully saturated rings. The first-order chi connectivity index (χ1) is 7.33. The van der Waals surface area contributed by atoms with Crippen molar-refractivity contribution in [1.29, 1.82) is 0 Å². The quantitative estimate of drug-likeness (QED) is 0.671. The molecule has 0 amide bonds. The maximum atomic E-state index is 4.21. The van der Waals surface area contributed by atoms with Crippen molar-refractivity contribution in [3.05, 3.63) is 41.7 Å². The van der Waals surface area contributed by atoms with E-state index >= 15 is 0 Å². The van der Waals surface area contributed by atoms with Crippen LogP contribution in [0.5, 0.6) is 0 Å². The van der Waals surface area contributed by atoms with Crippen LogP contribution >= 0.6 is 0 Å². The van der Waals surface area contributed by atoms with Gasteiger partial charge in [0.2, 0.25) is 5.82 Å². The van der Waals surface area contributed by atoms with Crippen molar-refractivity contribution in [3.63, 3.8) is 0 Å². The molecule has 0 aliphatic rings. The van der Waals surface area contributed by atoms with E-state index in [0.29, 0.717) is 5.82 Å². The van der Waals surface area contributed by atoms with Crippen LogP contribution < -0.4 is 0 Å². The lowest BCUT2D eigenvalue weighted by Crippen LogP contribution is -2.10. The molecular weight excluding hydrogens is 190 g/mol. The fourth-order valence-electron chi connectivity index (χ4n) is 1.38. The first-order valence-corrected chi connectivity index (χ1v) is 4.58. The molecule has 2 aromatic rings. The second-order valence-corrected chi connectivity index (χ2v) is 3.06. The number of benzene rings is 1. The van der Waals surface area contributed by atoms with Gasteiger partial charge in [0.1, 0.15) is 5.71 Å². The van der Waals surface area contributed by atoms with Crippen molar-refractivity contribution in [1.82, 2.24) is 20.2 Å². The van der Waals surface area contributed by atoms with Crippen LogP contribution in [0.2, 0.25) is 0 Å². The summed E-state index contributed by atoms with van der Waals surface area (Å²) >= 11 is 0. The zero-order chi connectivity index (χ0) is 10.7. The van der Waals surface area contributed by atoms with E-state index in [1.54, 1.807) is 18.8 Å². The summed E-state index contributed by atoms with van der Waals surface area (Å²) in [7, 11) is 3.53. The molecule has 1 heterocycles. The lowest BCUT2D eigenvalue weighted by molar-refractivity contribution is 0.706. The molecule has 0 N–H and O–H groups in total. The zero-order valence-corrected chi connectivity index (χ0v) is 8.62. The highest BCUT2D eigenvalue weighted by molar-refractivity contribution is 6.10. The maximum Gasteiger partial charge on any atom is 0.200 e. The van der Waals surface area contributed by atoms with Crippen LogP contribution in [0.3, 0.4) is 0 Å². The Bertz CT molecular complexity index is 472. The Morgan fingerprint density at radius 3 is 2.53 bits per heavy atom. The van der Waals surface area contributed by atoms with Gasteiger partial charge in [-0.15, -0.1) is 5.10 Å². The van der Waals surface area contributed by atoms with Crippen LogP contribution in [0.4, 0.5) is 0 Å². The molecule has 15 heavy (non-hydrogen) atoms. The number of aryl methyl sites for hydroxylation is 1. The minimum absolute atomic E-state index is 0.670. The van der Waals surface area contributed by atoms with Gasteiger partial charge in [0.15, 0.2) is 0 Å². The minimum atomic E-state index is 0.670. The summed E-state index contributed by atoms with van der Waals surface area (Å²) in [5, 5.41) is 11.3. The third kappa shape index (κ3) is 1.76. The first-order valence-electron chi connectivity index (χ1n) is 4.58. The van der Waals surface area contributed by atoms with Crippen molar-refractivity contribution in [3.8, 4) is 0 Å². The Morgan fingerprint density at radius 1 is 1.27 bits per heavy atom. The smallest absolute Gasteiger partial charge is 0.200 e. The molecular formula is C10H11N5. The zero-order valence-electron chi connectivity index (χ0n) is 8.62. The van der Waals surface area contributed by atoms with Gasteiger partial charge in [-0.05, 0) is 10.4 Å². The SMILES string of the molecule is CN=C(c1ccccc1)c1nnnn1C. The van der Waals surface area contributed by atoms with E-state index < -0.39 is 0 Å². The Kier molecular flexibility index (Phi) is 2.53. The molecule has 0 saturated heterocycles. The Labute approximate surface area is 87.5 Å². The summed E-state index contributed by atoms with van der Waals surface area (Å²) in [5.41, 5.74) is 1.81. The normalized spacial score (nSPS) is 11.7. The summed E-state index contributed by atoms with van der Waals surface area (Å²) in [6.45, 7) is 0. The van der Waals surface area contributed by atoms with Gasteiger partial charge >= 0.3 is 0 Å². The van der Waals surface area contributed by atoms with Gasteiger partial charge in [-0.25, -0.2) is 4.68 Å². The first kappa shape index (κ1) is 9.51. The number of tetrazole rings is 1. The lowest BCUT2D eigenvalue weighted by atomic mass is 10.1. The summed E-state index contributed by atoms with van der Waals surface area (Å²) in [6.07, 6.45) is 0. The van der Waals surface area contributed by atoms with Crippen LogP contribution in [0.15, 0.2) is 35.3 Å². The Morgan fingerprint density at radius 2 is 2.00 bits per heavy atom. The Balaban J connectivity index is 2.48. The molecule has 0 aliphatic carbocycles. The topological polar surface area (TPSA) is 56.0 Å². The standard InChI is InChI=1S/C10H11N5/c1-11-9(8-6-4-3-5-7-8)10-12-13-14-15(10)2/h3-7H,1-2H3. The summed E-state index contributed by atoms with van der Waals surface area (Å²) in [6, 6.07) is 9.86. The summed E-state index contributed by atoms with van der Waals surface area (Å²) < 4.78 is 1.61. The van der Waals surface area contributed by atoms with Crippen LogP contribution in [0.25, 0.3) is 0 Å². The predicted octanol–water partition coefficient (Wildman–Crippen LogP) is 0.677. The molecule has 0 bridgehead atoms. The number of hydrogen-bond donors (Lipinski definition) is 0. The van der Waals surface area contributed by atoms with E-state index in [1.807, 2.05) is 30.3 Å². The van der Waals surface area contributed by atoms with Gasteiger partial charge in [-0.1, -0.05) is 30.3 Å². The lowest BCUT2D eigenvalue weighted by Gasteiger charge is -2.02. The molecule has 0 unspecified atom stereocenters. The van der Waals surface area contributed by atoms with Crippen molar-refractivity contribution in [2.24, 2.45) is 12.0 Å². The molecule has 0 aliphatic heterocycles. The second-order valence-electron chi connectivity index (χ2n) is 3.06. The molecule has 1 aromatic carbocycles.